The smallest absolute Gasteiger partial charge is 0.273 e. The van der Waals surface area contributed by atoms with Crippen molar-refractivity contribution in [2.75, 3.05) is 6.79 Å². The molecule has 0 spiro atoms. The molecule has 37 heavy (non-hydrogen) atoms. The molecule has 1 N–H and O–H groups in total. The SMILES string of the molecule is O=C(NCc1ccc2c(c1)OCO2)c1cc(CN(Cc2ccc(Cl)c(Cl)c2)C(=O)c2cccnc2)on1. The predicted molar refractivity (Wildman–Crippen MR) is 135 cm³/mol. The first kappa shape index (κ1) is 24.6. The molecule has 0 bridgehead atoms. The van der Waals surface area contributed by atoms with Crippen LogP contribution >= 0.6 is 23.2 Å². The number of ether oxygens (including phenoxy) is 2. The number of fused-ring (bicyclic) bond motifs is 1. The minimum atomic E-state index is -0.415. The molecule has 4 aromatic rings. The molecule has 188 valence electrons. The van der Waals surface area contributed by atoms with Crippen LogP contribution in [0.2, 0.25) is 10.0 Å². The van der Waals surface area contributed by atoms with E-state index in [-0.39, 0.29) is 38.0 Å². The fourth-order valence-electron chi connectivity index (χ4n) is 3.74. The zero-order valence-electron chi connectivity index (χ0n) is 19.3. The molecule has 2 aromatic carbocycles. The van der Waals surface area contributed by atoms with Gasteiger partial charge in [0.2, 0.25) is 6.79 Å². The van der Waals surface area contributed by atoms with Gasteiger partial charge in [-0.2, -0.15) is 0 Å². The number of rotatable bonds is 8. The third kappa shape index (κ3) is 5.84. The number of hydrogen-bond acceptors (Lipinski definition) is 7. The lowest BCUT2D eigenvalue weighted by Crippen LogP contribution is -2.30. The molecule has 0 radical (unpaired) electrons. The van der Waals surface area contributed by atoms with Crippen LogP contribution in [0.1, 0.15) is 37.7 Å². The van der Waals surface area contributed by atoms with Crippen LogP contribution in [-0.4, -0.2) is 33.6 Å². The van der Waals surface area contributed by atoms with Gasteiger partial charge in [-0.05, 0) is 47.5 Å². The van der Waals surface area contributed by atoms with Crippen LogP contribution in [0.25, 0.3) is 0 Å². The summed E-state index contributed by atoms with van der Waals surface area (Å²) in [5.74, 6) is 0.954. The fraction of sp³-hybridized carbons (Fsp3) is 0.154. The van der Waals surface area contributed by atoms with Crippen LogP contribution in [0, 0.1) is 0 Å². The summed E-state index contributed by atoms with van der Waals surface area (Å²) in [6.07, 6.45) is 3.07. The van der Waals surface area contributed by atoms with Gasteiger partial charge >= 0.3 is 0 Å². The van der Waals surface area contributed by atoms with E-state index in [0.717, 1.165) is 11.1 Å². The van der Waals surface area contributed by atoms with E-state index in [1.54, 1.807) is 47.5 Å². The average molecular weight is 539 g/mol. The van der Waals surface area contributed by atoms with E-state index < -0.39 is 5.91 Å². The molecule has 0 saturated heterocycles. The summed E-state index contributed by atoms with van der Waals surface area (Å²) < 4.78 is 16.1. The molecule has 5 rings (SSSR count). The van der Waals surface area contributed by atoms with Gasteiger partial charge in [0.25, 0.3) is 11.8 Å². The minimum Gasteiger partial charge on any atom is -0.454 e. The van der Waals surface area contributed by atoms with Crippen molar-refractivity contribution in [2.24, 2.45) is 0 Å². The van der Waals surface area contributed by atoms with Gasteiger partial charge < -0.3 is 24.2 Å². The number of benzene rings is 2. The summed E-state index contributed by atoms with van der Waals surface area (Å²) in [5, 5.41) is 7.48. The molecule has 0 saturated carbocycles. The van der Waals surface area contributed by atoms with E-state index in [9.17, 15) is 9.59 Å². The standard InChI is InChI=1S/C26H20Cl2N4O5/c27-20-5-3-17(8-21(20)28)13-32(26(34)18-2-1-7-29-12-18)14-19-10-22(31-37-19)25(33)30-11-16-4-6-23-24(9-16)36-15-35-23/h1-10,12H,11,13-15H2,(H,30,33). The zero-order valence-corrected chi connectivity index (χ0v) is 20.8. The number of carbonyl (C=O) groups excluding carboxylic acids is 2. The highest BCUT2D eigenvalue weighted by molar-refractivity contribution is 6.42. The number of pyridine rings is 1. The van der Waals surface area contributed by atoms with Crippen LogP contribution in [0.5, 0.6) is 11.5 Å². The molecule has 2 aromatic heterocycles. The van der Waals surface area contributed by atoms with E-state index in [1.165, 1.54) is 12.3 Å². The summed E-state index contributed by atoms with van der Waals surface area (Å²) in [6.45, 7) is 0.728. The van der Waals surface area contributed by atoms with E-state index >= 15 is 0 Å². The molecule has 0 unspecified atom stereocenters. The van der Waals surface area contributed by atoms with Gasteiger partial charge in [-0.3, -0.25) is 14.6 Å². The van der Waals surface area contributed by atoms with Gasteiger partial charge in [0.15, 0.2) is 23.0 Å². The largest absolute Gasteiger partial charge is 0.454 e. The van der Waals surface area contributed by atoms with Gasteiger partial charge in [0, 0.05) is 31.5 Å². The van der Waals surface area contributed by atoms with E-state index in [0.29, 0.717) is 32.9 Å². The van der Waals surface area contributed by atoms with Crippen molar-refractivity contribution in [2.45, 2.75) is 19.6 Å². The van der Waals surface area contributed by atoms with Gasteiger partial charge in [0.05, 0.1) is 22.2 Å². The van der Waals surface area contributed by atoms with Gasteiger partial charge in [0.1, 0.15) is 0 Å². The third-order valence-electron chi connectivity index (χ3n) is 5.58. The molecule has 11 heteroatoms. The first-order chi connectivity index (χ1) is 18.0. The Morgan fingerprint density at radius 3 is 2.59 bits per heavy atom. The van der Waals surface area contributed by atoms with E-state index in [4.69, 9.17) is 37.2 Å². The quantitative estimate of drug-likeness (QED) is 0.340. The lowest BCUT2D eigenvalue weighted by molar-refractivity contribution is 0.0712. The molecule has 9 nitrogen and oxygen atoms in total. The first-order valence-electron chi connectivity index (χ1n) is 11.2. The Morgan fingerprint density at radius 1 is 0.946 bits per heavy atom. The van der Waals surface area contributed by atoms with Crippen molar-refractivity contribution in [1.82, 2.24) is 20.4 Å². The number of nitrogens with one attached hydrogen (secondary N) is 1. The summed E-state index contributed by atoms with van der Waals surface area (Å²) in [5.41, 5.74) is 2.12. The number of aromatic nitrogens is 2. The number of amides is 2. The van der Waals surface area contributed by atoms with Crippen molar-refractivity contribution in [3.63, 3.8) is 0 Å². The number of carbonyl (C=O) groups is 2. The Bertz CT molecular complexity index is 1440. The zero-order chi connectivity index (χ0) is 25.8. The number of hydrogen-bond donors (Lipinski definition) is 1. The van der Waals surface area contributed by atoms with Crippen molar-refractivity contribution >= 4 is 35.0 Å². The molecule has 2 amide bonds. The van der Waals surface area contributed by atoms with E-state index in [2.05, 4.69) is 15.5 Å². The summed E-state index contributed by atoms with van der Waals surface area (Å²) in [6, 6.07) is 15.5. The summed E-state index contributed by atoms with van der Waals surface area (Å²) >= 11 is 12.2. The molecule has 0 atom stereocenters. The summed E-state index contributed by atoms with van der Waals surface area (Å²) in [4.78, 5) is 31.5. The Hall–Kier alpha value is -4.08. The highest BCUT2D eigenvalue weighted by Crippen LogP contribution is 2.32. The molecule has 1 aliphatic rings. The summed E-state index contributed by atoms with van der Waals surface area (Å²) in [7, 11) is 0. The second-order valence-electron chi connectivity index (χ2n) is 8.20. The molecular weight excluding hydrogens is 519 g/mol. The number of halogens is 2. The van der Waals surface area contributed by atoms with Crippen molar-refractivity contribution in [3.8, 4) is 11.5 Å². The molecule has 0 fully saturated rings. The van der Waals surface area contributed by atoms with Crippen LogP contribution in [-0.2, 0) is 19.6 Å². The van der Waals surface area contributed by atoms with Crippen LogP contribution < -0.4 is 14.8 Å². The lowest BCUT2D eigenvalue weighted by Gasteiger charge is -2.21. The topological polar surface area (TPSA) is 107 Å². The fourth-order valence-corrected chi connectivity index (χ4v) is 4.06. The van der Waals surface area contributed by atoms with Crippen LogP contribution in [0.3, 0.4) is 0 Å². The third-order valence-corrected chi connectivity index (χ3v) is 6.32. The molecule has 0 aliphatic carbocycles. The van der Waals surface area contributed by atoms with Crippen molar-refractivity contribution in [3.05, 3.63) is 105 Å². The normalized spacial score (nSPS) is 11.8. The highest BCUT2D eigenvalue weighted by atomic mass is 35.5. The maximum Gasteiger partial charge on any atom is 0.273 e. The Labute approximate surface area is 221 Å². The van der Waals surface area contributed by atoms with E-state index in [1.807, 2.05) is 12.1 Å². The van der Waals surface area contributed by atoms with Crippen LogP contribution in [0.4, 0.5) is 0 Å². The monoisotopic (exact) mass is 538 g/mol. The first-order valence-corrected chi connectivity index (χ1v) is 12.0. The Balaban J connectivity index is 1.28. The molecule has 1 aliphatic heterocycles. The molecule has 3 heterocycles. The second-order valence-corrected chi connectivity index (χ2v) is 9.01. The van der Waals surface area contributed by atoms with Crippen LogP contribution in [0.15, 0.2) is 71.5 Å². The lowest BCUT2D eigenvalue weighted by atomic mass is 10.1. The van der Waals surface area contributed by atoms with Crippen molar-refractivity contribution in [1.29, 1.82) is 0 Å². The van der Waals surface area contributed by atoms with Gasteiger partial charge in [-0.1, -0.05) is 40.5 Å². The molecular formula is C26H20Cl2N4O5. The Morgan fingerprint density at radius 2 is 1.78 bits per heavy atom. The second kappa shape index (κ2) is 10.9. The number of nitrogens with zero attached hydrogens (tertiary/aromatic N) is 3. The van der Waals surface area contributed by atoms with Crippen molar-refractivity contribution < 1.29 is 23.6 Å². The maximum absolute atomic E-state index is 13.3. The predicted octanol–water partition coefficient (Wildman–Crippen LogP) is 4.88. The van der Waals surface area contributed by atoms with Gasteiger partial charge in [-0.25, -0.2) is 0 Å². The Kier molecular flexibility index (Phi) is 7.25. The average Bonchev–Trinajstić information content (AvgIpc) is 3.58. The van der Waals surface area contributed by atoms with Gasteiger partial charge in [-0.15, -0.1) is 0 Å². The minimum absolute atomic E-state index is 0.0659. The highest BCUT2D eigenvalue weighted by Gasteiger charge is 2.21. The maximum atomic E-state index is 13.3.